The van der Waals surface area contributed by atoms with E-state index in [1.807, 2.05) is 36.4 Å². The zero-order chi connectivity index (χ0) is 23.1. The minimum atomic E-state index is 0.485. The van der Waals surface area contributed by atoms with Gasteiger partial charge in [-0.15, -0.1) is 0 Å². The third kappa shape index (κ3) is 6.94. The molecule has 0 aliphatic heterocycles. The van der Waals surface area contributed by atoms with Crippen molar-refractivity contribution in [2.24, 2.45) is 21.5 Å². The summed E-state index contributed by atoms with van der Waals surface area (Å²) in [6.07, 6.45) is 0. The summed E-state index contributed by atoms with van der Waals surface area (Å²) in [5, 5.41) is 2.14. The molecule has 0 radical (unpaired) electrons. The predicted octanol–water partition coefficient (Wildman–Crippen LogP) is 7.37. The fourth-order valence-electron chi connectivity index (χ4n) is 2.94. The van der Waals surface area contributed by atoms with E-state index in [0.717, 1.165) is 11.5 Å². The van der Waals surface area contributed by atoms with Crippen LogP contribution >= 0.6 is 46.7 Å². The van der Waals surface area contributed by atoms with E-state index >= 15 is 0 Å². The number of aryl methyl sites for hydroxylation is 2. The smallest absolute Gasteiger partial charge is 0.159 e. The van der Waals surface area contributed by atoms with E-state index in [1.165, 1.54) is 45.8 Å². The largest absolute Gasteiger partial charge is 0.378 e. The van der Waals surface area contributed by atoms with Crippen molar-refractivity contribution in [1.29, 1.82) is 0 Å². The second-order valence-electron chi connectivity index (χ2n) is 7.09. The Labute approximate surface area is 207 Å². The molecule has 3 rings (SSSR count). The van der Waals surface area contributed by atoms with Gasteiger partial charge in [0.05, 0.1) is 21.4 Å². The number of hydrogen-bond donors (Lipinski definition) is 2. The van der Waals surface area contributed by atoms with Crippen LogP contribution in [-0.4, -0.2) is 10.3 Å². The maximum Gasteiger partial charge on any atom is 0.159 e. The lowest BCUT2D eigenvalue weighted by Crippen LogP contribution is -2.08. The lowest BCUT2D eigenvalue weighted by atomic mass is 10.0. The first-order valence-electron chi connectivity index (χ1n) is 9.85. The maximum atomic E-state index is 6.16. The topological polar surface area (TPSA) is 76.8 Å². The van der Waals surface area contributed by atoms with Crippen molar-refractivity contribution in [1.82, 2.24) is 0 Å². The molecule has 0 bridgehead atoms. The first kappa shape index (κ1) is 24.5. The van der Waals surface area contributed by atoms with E-state index in [0.29, 0.717) is 31.8 Å². The highest BCUT2D eigenvalue weighted by atomic mass is 35.5. The minimum Gasteiger partial charge on any atom is -0.378 e. The molecule has 0 amide bonds. The highest BCUT2D eigenvalue weighted by Crippen LogP contribution is 2.28. The van der Waals surface area contributed by atoms with Gasteiger partial charge in [0.1, 0.15) is 0 Å². The van der Waals surface area contributed by atoms with Gasteiger partial charge < -0.3 is 11.5 Å². The molecule has 0 atom stereocenters. The average molecular weight is 504 g/mol. The van der Waals surface area contributed by atoms with Crippen LogP contribution in [0, 0.1) is 13.8 Å². The fourth-order valence-corrected chi connectivity index (χ4v) is 4.85. The summed E-state index contributed by atoms with van der Waals surface area (Å²) in [5.41, 5.74) is 18.4. The van der Waals surface area contributed by atoms with Crippen LogP contribution in [-0.2, 0) is 11.5 Å². The third-order valence-corrected chi connectivity index (χ3v) is 7.04. The second-order valence-corrected chi connectivity index (χ2v) is 9.89. The van der Waals surface area contributed by atoms with Gasteiger partial charge in [-0.25, -0.2) is 9.98 Å². The zero-order valence-electron chi connectivity index (χ0n) is 17.8. The monoisotopic (exact) mass is 502 g/mol. The molecule has 0 unspecified atom stereocenters. The molecule has 0 aliphatic carbocycles. The molecule has 0 spiro atoms. The van der Waals surface area contributed by atoms with Crippen molar-refractivity contribution >= 4 is 68.4 Å². The first-order chi connectivity index (χ1) is 15.3. The lowest BCUT2D eigenvalue weighted by Gasteiger charge is -2.12. The van der Waals surface area contributed by atoms with E-state index < -0.39 is 0 Å². The molecule has 0 fully saturated rings. The van der Waals surface area contributed by atoms with Crippen LogP contribution in [0.5, 0.6) is 0 Å². The van der Waals surface area contributed by atoms with Gasteiger partial charge in [-0.1, -0.05) is 83.1 Å². The van der Waals surface area contributed by atoms with Gasteiger partial charge in [-0.3, -0.25) is 0 Å². The maximum absolute atomic E-state index is 6.16. The number of aliphatic imine (C=N–C) groups is 2. The second kappa shape index (κ2) is 11.7. The first-order valence-corrected chi connectivity index (χ1v) is 12.6. The van der Waals surface area contributed by atoms with Crippen LogP contribution < -0.4 is 11.5 Å². The third-order valence-electron chi connectivity index (χ3n) is 4.71. The van der Waals surface area contributed by atoms with E-state index in [2.05, 4.69) is 36.0 Å². The highest BCUT2D eigenvalue weighted by molar-refractivity contribution is 8.13. The molecular formula is C24H24Cl2N4S2. The molecule has 8 heteroatoms. The van der Waals surface area contributed by atoms with Crippen LogP contribution in [0.25, 0.3) is 0 Å². The Bertz CT molecular complexity index is 1070. The molecule has 0 aromatic heterocycles. The van der Waals surface area contributed by atoms with Crippen molar-refractivity contribution in [3.8, 4) is 0 Å². The van der Waals surface area contributed by atoms with Crippen molar-refractivity contribution in [2.45, 2.75) is 25.4 Å². The number of rotatable bonds is 6. The predicted molar refractivity (Wildman–Crippen MR) is 144 cm³/mol. The van der Waals surface area contributed by atoms with E-state index in [1.54, 1.807) is 12.1 Å². The van der Waals surface area contributed by atoms with Crippen molar-refractivity contribution < 1.29 is 0 Å². The quantitative estimate of drug-likeness (QED) is 0.272. The molecule has 0 aliphatic rings. The Morgan fingerprint density at radius 1 is 0.719 bits per heavy atom. The molecule has 4 N–H and O–H groups in total. The molecule has 0 saturated heterocycles. The molecule has 0 saturated carbocycles. The van der Waals surface area contributed by atoms with Gasteiger partial charge >= 0.3 is 0 Å². The van der Waals surface area contributed by atoms with Gasteiger partial charge in [0.25, 0.3) is 0 Å². The number of para-hydroxylation sites is 2. The van der Waals surface area contributed by atoms with Crippen LogP contribution in [0.3, 0.4) is 0 Å². The number of amidine groups is 2. The number of thioether (sulfide) groups is 2. The standard InChI is InChI=1S/C24H24Cl2N4S2/c1-15-11-18(14-32-24(28)30-22-10-6-4-8-20(22)26)16(2)12-17(15)13-31-23(27)29-21-9-5-3-7-19(21)25/h3-12H,13-14H2,1-2H3,(H2,27,29)(H2,28,30). The number of hydrogen-bond acceptors (Lipinski definition) is 4. The van der Waals surface area contributed by atoms with Gasteiger partial charge in [0.15, 0.2) is 10.3 Å². The number of halogens is 2. The van der Waals surface area contributed by atoms with Crippen LogP contribution in [0.4, 0.5) is 11.4 Å². The van der Waals surface area contributed by atoms with Crippen molar-refractivity contribution in [3.05, 3.63) is 93.0 Å². The normalized spacial score (nSPS) is 12.2. The van der Waals surface area contributed by atoms with Gasteiger partial charge in [-0.2, -0.15) is 0 Å². The Kier molecular flexibility index (Phi) is 8.93. The van der Waals surface area contributed by atoms with Gasteiger partial charge in [0, 0.05) is 11.5 Å². The average Bonchev–Trinajstić information content (AvgIpc) is 2.76. The zero-order valence-corrected chi connectivity index (χ0v) is 21.0. The summed E-state index contributed by atoms with van der Waals surface area (Å²) < 4.78 is 0. The van der Waals surface area contributed by atoms with E-state index in [4.69, 9.17) is 34.7 Å². The molecule has 4 nitrogen and oxygen atoms in total. The van der Waals surface area contributed by atoms with E-state index in [-0.39, 0.29) is 0 Å². The Hall–Kier alpha value is -2.12. The number of benzene rings is 3. The molecular weight excluding hydrogens is 479 g/mol. The summed E-state index contributed by atoms with van der Waals surface area (Å²) in [4.78, 5) is 8.84. The SMILES string of the molecule is Cc1cc(CSC(N)=Nc2ccccc2Cl)c(C)cc1CSC(N)=Nc1ccccc1Cl. The van der Waals surface area contributed by atoms with Crippen LogP contribution in [0.2, 0.25) is 10.0 Å². The molecule has 3 aromatic carbocycles. The highest BCUT2D eigenvalue weighted by Gasteiger charge is 2.08. The number of nitrogens with zero attached hydrogens (tertiary/aromatic N) is 2. The number of nitrogens with two attached hydrogens (primary N) is 2. The molecule has 0 heterocycles. The van der Waals surface area contributed by atoms with Crippen molar-refractivity contribution in [3.63, 3.8) is 0 Å². The van der Waals surface area contributed by atoms with Gasteiger partial charge in [-0.05, 0) is 60.4 Å². The molecule has 166 valence electrons. The van der Waals surface area contributed by atoms with Crippen molar-refractivity contribution in [2.75, 3.05) is 0 Å². The summed E-state index contributed by atoms with van der Waals surface area (Å²) in [6.45, 7) is 4.21. The lowest BCUT2D eigenvalue weighted by molar-refractivity contribution is 1.22. The van der Waals surface area contributed by atoms with Gasteiger partial charge in [0.2, 0.25) is 0 Å². The summed E-state index contributed by atoms with van der Waals surface area (Å²) >= 11 is 15.3. The fraction of sp³-hybridized carbons (Fsp3) is 0.167. The summed E-state index contributed by atoms with van der Waals surface area (Å²) in [7, 11) is 0. The molecule has 32 heavy (non-hydrogen) atoms. The Balaban J connectivity index is 1.63. The summed E-state index contributed by atoms with van der Waals surface area (Å²) in [5.74, 6) is 1.46. The van der Waals surface area contributed by atoms with E-state index in [9.17, 15) is 0 Å². The van der Waals surface area contributed by atoms with Crippen LogP contribution in [0.1, 0.15) is 22.3 Å². The minimum absolute atomic E-state index is 0.485. The Morgan fingerprint density at radius 3 is 1.47 bits per heavy atom. The molecule has 3 aromatic rings. The summed E-state index contributed by atoms with van der Waals surface area (Å²) in [6, 6.07) is 19.2. The van der Waals surface area contributed by atoms with Crippen LogP contribution in [0.15, 0.2) is 70.6 Å². The Morgan fingerprint density at radius 2 is 1.09 bits per heavy atom.